The van der Waals surface area contributed by atoms with E-state index in [-0.39, 0.29) is 5.91 Å². The van der Waals surface area contributed by atoms with Gasteiger partial charge in [-0.2, -0.15) is 0 Å². The Morgan fingerprint density at radius 2 is 1.88 bits per heavy atom. The van der Waals surface area contributed by atoms with Crippen LogP contribution in [0.3, 0.4) is 0 Å². The molecular weight excluding hydrogens is 296 g/mol. The molecule has 1 aromatic carbocycles. The number of rotatable bonds is 4. The molecule has 3 rings (SSSR count). The van der Waals surface area contributed by atoms with Gasteiger partial charge in [0.1, 0.15) is 0 Å². The molecule has 3 nitrogen and oxygen atoms in total. The number of aryl methyl sites for hydroxylation is 1. The van der Waals surface area contributed by atoms with Crippen molar-refractivity contribution in [2.75, 3.05) is 18.4 Å². The predicted molar refractivity (Wildman–Crippen MR) is 101 cm³/mol. The van der Waals surface area contributed by atoms with E-state index in [1.54, 1.807) is 0 Å². The molecule has 24 heavy (non-hydrogen) atoms. The zero-order valence-corrected chi connectivity index (χ0v) is 15.3. The van der Waals surface area contributed by atoms with Crippen LogP contribution in [0.2, 0.25) is 0 Å². The van der Waals surface area contributed by atoms with Gasteiger partial charge < -0.3 is 10.6 Å². The molecule has 0 bridgehead atoms. The van der Waals surface area contributed by atoms with Gasteiger partial charge in [0, 0.05) is 12.1 Å². The molecule has 2 N–H and O–H groups in total. The van der Waals surface area contributed by atoms with Gasteiger partial charge in [-0.25, -0.2) is 0 Å². The second kappa shape index (κ2) is 8.15. The summed E-state index contributed by atoms with van der Waals surface area (Å²) in [4.78, 5) is 12.5. The number of carbonyl (C=O) groups is 1. The molecule has 1 amide bonds. The molecule has 1 aliphatic carbocycles. The number of hydrogen-bond donors (Lipinski definition) is 2. The Balaban J connectivity index is 1.74. The SMILES string of the molecule is Cc1ccc(C2CCCNCC2)c(C)c1NC(=O)CC1CCCC1. The Kier molecular flexibility index (Phi) is 5.94. The number of nitrogens with one attached hydrogen (secondary N) is 2. The summed E-state index contributed by atoms with van der Waals surface area (Å²) in [5, 5.41) is 6.74. The van der Waals surface area contributed by atoms with Crippen molar-refractivity contribution in [2.24, 2.45) is 5.92 Å². The summed E-state index contributed by atoms with van der Waals surface area (Å²) in [5.41, 5.74) is 4.96. The third-order valence-electron chi connectivity index (χ3n) is 5.94. The van der Waals surface area contributed by atoms with E-state index in [1.165, 1.54) is 61.6 Å². The average Bonchev–Trinajstić information content (AvgIpc) is 2.91. The molecule has 1 aliphatic heterocycles. The van der Waals surface area contributed by atoms with Crippen molar-refractivity contribution >= 4 is 11.6 Å². The van der Waals surface area contributed by atoms with Crippen LogP contribution in [0.1, 0.15) is 74.0 Å². The number of amides is 1. The Labute approximate surface area is 146 Å². The minimum atomic E-state index is 0.202. The smallest absolute Gasteiger partial charge is 0.224 e. The number of carbonyl (C=O) groups excluding carboxylic acids is 1. The molecule has 132 valence electrons. The summed E-state index contributed by atoms with van der Waals surface area (Å²) < 4.78 is 0. The lowest BCUT2D eigenvalue weighted by Gasteiger charge is -2.21. The maximum atomic E-state index is 12.5. The van der Waals surface area contributed by atoms with E-state index < -0.39 is 0 Å². The highest BCUT2D eigenvalue weighted by Crippen LogP contribution is 2.34. The van der Waals surface area contributed by atoms with Crippen LogP contribution in [0.25, 0.3) is 0 Å². The van der Waals surface area contributed by atoms with Gasteiger partial charge in [0.25, 0.3) is 0 Å². The zero-order chi connectivity index (χ0) is 16.9. The van der Waals surface area contributed by atoms with Gasteiger partial charge in [0.2, 0.25) is 5.91 Å². The molecule has 0 radical (unpaired) electrons. The van der Waals surface area contributed by atoms with Gasteiger partial charge in [0.05, 0.1) is 0 Å². The molecule has 2 aliphatic rings. The van der Waals surface area contributed by atoms with Crippen molar-refractivity contribution in [2.45, 2.75) is 71.1 Å². The Morgan fingerprint density at radius 1 is 1.08 bits per heavy atom. The number of anilines is 1. The second-order valence-corrected chi connectivity index (χ2v) is 7.75. The minimum absolute atomic E-state index is 0.202. The zero-order valence-electron chi connectivity index (χ0n) is 15.3. The second-order valence-electron chi connectivity index (χ2n) is 7.75. The van der Waals surface area contributed by atoms with Crippen LogP contribution in [-0.2, 0) is 4.79 Å². The minimum Gasteiger partial charge on any atom is -0.326 e. The lowest BCUT2D eigenvalue weighted by atomic mass is 9.87. The van der Waals surface area contributed by atoms with Crippen LogP contribution in [0.4, 0.5) is 5.69 Å². The van der Waals surface area contributed by atoms with Crippen LogP contribution in [0.5, 0.6) is 0 Å². The summed E-state index contributed by atoms with van der Waals surface area (Å²) >= 11 is 0. The monoisotopic (exact) mass is 328 g/mol. The molecule has 0 spiro atoms. The van der Waals surface area contributed by atoms with Gasteiger partial charge in [0.15, 0.2) is 0 Å². The first kappa shape index (κ1) is 17.5. The van der Waals surface area contributed by atoms with Crippen molar-refractivity contribution in [1.82, 2.24) is 5.32 Å². The van der Waals surface area contributed by atoms with Gasteiger partial charge in [-0.15, -0.1) is 0 Å². The van der Waals surface area contributed by atoms with Crippen LogP contribution in [-0.4, -0.2) is 19.0 Å². The van der Waals surface area contributed by atoms with E-state index in [0.29, 0.717) is 18.3 Å². The fourth-order valence-electron chi connectivity index (χ4n) is 4.50. The fraction of sp³-hybridized carbons (Fsp3) is 0.667. The first-order valence-electron chi connectivity index (χ1n) is 9.76. The quantitative estimate of drug-likeness (QED) is 0.842. The fourth-order valence-corrected chi connectivity index (χ4v) is 4.50. The molecule has 1 aromatic rings. The molecular formula is C21H32N2O. The first-order chi connectivity index (χ1) is 11.6. The maximum absolute atomic E-state index is 12.5. The highest BCUT2D eigenvalue weighted by molar-refractivity contribution is 5.92. The van der Waals surface area contributed by atoms with Crippen LogP contribution in [0, 0.1) is 19.8 Å². The van der Waals surface area contributed by atoms with Crippen molar-refractivity contribution in [3.8, 4) is 0 Å². The maximum Gasteiger partial charge on any atom is 0.224 e. The highest BCUT2D eigenvalue weighted by atomic mass is 16.1. The molecule has 0 aromatic heterocycles. The van der Waals surface area contributed by atoms with Crippen LogP contribution >= 0.6 is 0 Å². The van der Waals surface area contributed by atoms with Crippen LogP contribution in [0.15, 0.2) is 12.1 Å². The molecule has 1 unspecified atom stereocenters. The number of benzene rings is 1. The molecule has 3 heteroatoms. The normalized spacial score (nSPS) is 22.3. The summed E-state index contributed by atoms with van der Waals surface area (Å²) in [6.07, 6.45) is 9.40. The Morgan fingerprint density at radius 3 is 2.67 bits per heavy atom. The Hall–Kier alpha value is -1.35. The molecule has 1 saturated carbocycles. The van der Waals surface area contributed by atoms with Gasteiger partial charge in [-0.1, -0.05) is 25.0 Å². The van der Waals surface area contributed by atoms with E-state index in [4.69, 9.17) is 0 Å². The third kappa shape index (κ3) is 4.18. The summed E-state index contributed by atoms with van der Waals surface area (Å²) in [6.45, 7) is 6.52. The largest absolute Gasteiger partial charge is 0.326 e. The predicted octanol–water partition coefficient (Wildman–Crippen LogP) is 4.68. The van der Waals surface area contributed by atoms with E-state index in [9.17, 15) is 4.79 Å². The third-order valence-corrected chi connectivity index (χ3v) is 5.94. The topological polar surface area (TPSA) is 41.1 Å². The average molecular weight is 329 g/mol. The summed E-state index contributed by atoms with van der Waals surface area (Å²) in [6, 6.07) is 4.47. The molecule has 1 atom stereocenters. The highest BCUT2D eigenvalue weighted by Gasteiger charge is 2.21. The van der Waals surface area contributed by atoms with Gasteiger partial charge in [-0.3, -0.25) is 4.79 Å². The van der Waals surface area contributed by atoms with Crippen molar-refractivity contribution in [1.29, 1.82) is 0 Å². The van der Waals surface area contributed by atoms with E-state index in [0.717, 1.165) is 18.8 Å². The Bertz CT molecular complexity index is 567. The molecule has 2 fully saturated rings. The van der Waals surface area contributed by atoms with E-state index in [1.807, 2.05) is 0 Å². The van der Waals surface area contributed by atoms with Crippen molar-refractivity contribution in [3.63, 3.8) is 0 Å². The van der Waals surface area contributed by atoms with E-state index in [2.05, 4.69) is 36.6 Å². The van der Waals surface area contributed by atoms with Crippen molar-refractivity contribution < 1.29 is 4.79 Å². The van der Waals surface area contributed by atoms with Gasteiger partial charge in [-0.05, 0) is 87.6 Å². The number of hydrogen-bond acceptors (Lipinski definition) is 2. The van der Waals surface area contributed by atoms with Crippen molar-refractivity contribution in [3.05, 3.63) is 28.8 Å². The lowest BCUT2D eigenvalue weighted by molar-refractivity contribution is -0.117. The standard InChI is InChI=1S/C21H32N2O/c1-15-9-10-19(18-8-5-12-22-13-11-18)16(2)21(15)23-20(24)14-17-6-3-4-7-17/h9-10,17-18,22H,3-8,11-14H2,1-2H3,(H,23,24). The molecule has 1 saturated heterocycles. The molecule has 1 heterocycles. The summed E-state index contributed by atoms with van der Waals surface area (Å²) in [7, 11) is 0. The van der Waals surface area contributed by atoms with Gasteiger partial charge >= 0.3 is 0 Å². The van der Waals surface area contributed by atoms with Crippen LogP contribution < -0.4 is 10.6 Å². The van der Waals surface area contributed by atoms with E-state index >= 15 is 0 Å². The lowest BCUT2D eigenvalue weighted by Crippen LogP contribution is -2.17. The first-order valence-corrected chi connectivity index (χ1v) is 9.76. The summed E-state index contributed by atoms with van der Waals surface area (Å²) in [5.74, 6) is 1.42.